The quantitative estimate of drug-likeness (QED) is 0.746. The molecule has 1 saturated heterocycles. The van der Waals surface area contributed by atoms with Crippen LogP contribution in [0.15, 0.2) is 0 Å². The fourth-order valence-electron chi connectivity index (χ4n) is 2.36. The number of aliphatic hydroxyl groups is 1. The summed E-state index contributed by atoms with van der Waals surface area (Å²) in [5.74, 6) is 0. The first-order valence-electron chi connectivity index (χ1n) is 6.99. The van der Waals surface area contributed by atoms with E-state index in [1.165, 1.54) is 32.4 Å². The van der Waals surface area contributed by atoms with Gasteiger partial charge in [-0.3, -0.25) is 0 Å². The van der Waals surface area contributed by atoms with Crippen molar-refractivity contribution in [3.8, 4) is 0 Å². The molecule has 1 rings (SSSR count). The van der Waals surface area contributed by atoms with Gasteiger partial charge in [0.15, 0.2) is 0 Å². The normalized spacial score (nSPS) is 24.5. The van der Waals surface area contributed by atoms with Gasteiger partial charge in [-0.05, 0) is 58.3 Å². The number of piperidine rings is 1. The van der Waals surface area contributed by atoms with E-state index in [0.29, 0.717) is 5.41 Å². The predicted molar refractivity (Wildman–Crippen MR) is 73.2 cm³/mol. The SMILES string of the molecule is CCC1(C)CCN(CCC(C)(CO)NC)CC1. The molecule has 0 amide bonds. The Balaban J connectivity index is 2.31. The molecule has 2 N–H and O–H groups in total. The molecule has 1 unspecified atom stereocenters. The van der Waals surface area contributed by atoms with E-state index in [0.717, 1.165) is 13.0 Å². The third-order valence-corrected chi connectivity index (χ3v) is 4.85. The van der Waals surface area contributed by atoms with Crippen molar-refractivity contribution in [1.82, 2.24) is 10.2 Å². The summed E-state index contributed by atoms with van der Waals surface area (Å²) in [5.41, 5.74) is 0.450. The molecule has 0 radical (unpaired) electrons. The van der Waals surface area contributed by atoms with Crippen molar-refractivity contribution in [2.75, 3.05) is 33.3 Å². The molecule has 1 aliphatic heterocycles. The summed E-state index contributed by atoms with van der Waals surface area (Å²) in [4.78, 5) is 2.54. The number of likely N-dealkylation sites (N-methyl/N-ethyl adjacent to an activating group) is 1. The standard InChI is InChI=1S/C14H30N2O/c1-5-13(2)6-9-16(10-7-13)11-8-14(3,12-17)15-4/h15,17H,5-12H2,1-4H3. The molecule has 1 aliphatic rings. The Morgan fingerprint density at radius 2 is 1.94 bits per heavy atom. The lowest BCUT2D eigenvalue weighted by Crippen LogP contribution is -2.47. The fraction of sp³-hybridized carbons (Fsp3) is 1.00. The van der Waals surface area contributed by atoms with Crippen molar-refractivity contribution in [3.63, 3.8) is 0 Å². The van der Waals surface area contributed by atoms with Gasteiger partial charge in [-0.25, -0.2) is 0 Å². The lowest BCUT2D eigenvalue weighted by molar-refractivity contribution is 0.0958. The van der Waals surface area contributed by atoms with Gasteiger partial charge in [-0.1, -0.05) is 20.3 Å². The Bertz CT molecular complexity index is 218. The van der Waals surface area contributed by atoms with E-state index >= 15 is 0 Å². The maximum Gasteiger partial charge on any atom is 0.0610 e. The Kier molecular flexibility index (Phi) is 5.42. The van der Waals surface area contributed by atoms with Crippen LogP contribution in [0.2, 0.25) is 0 Å². The molecule has 0 saturated carbocycles. The number of hydrogen-bond acceptors (Lipinski definition) is 3. The lowest BCUT2D eigenvalue weighted by atomic mass is 9.78. The zero-order chi connectivity index (χ0) is 12.9. The Morgan fingerprint density at radius 3 is 2.35 bits per heavy atom. The molecule has 0 aromatic carbocycles. The molecular weight excluding hydrogens is 212 g/mol. The first-order valence-corrected chi connectivity index (χ1v) is 6.99. The molecule has 1 heterocycles. The van der Waals surface area contributed by atoms with Crippen LogP contribution in [0.3, 0.4) is 0 Å². The van der Waals surface area contributed by atoms with Crippen LogP contribution < -0.4 is 5.32 Å². The molecule has 1 fully saturated rings. The van der Waals surface area contributed by atoms with Gasteiger partial charge in [0.25, 0.3) is 0 Å². The highest BCUT2D eigenvalue weighted by Crippen LogP contribution is 2.33. The number of nitrogens with one attached hydrogen (secondary N) is 1. The molecule has 0 aromatic heterocycles. The number of rotatable bonds is 6. The lowest BCUT2D eigenvalue weighted by Gasteiger charge is -2.40. The van der Waals surface area contributed by atoms with E-state index in [1.54, 1.807) is 0 Å². The van der Waals surface area contributed by atoms with Gasteiger partial charge in [0.1, 0.15) is 0 Å². The fourth-order valence-corrected chi connectivity index (χ4v) is 2.36. The maximum absolute atomic E-state index is 9.35. The summed E-state index contributed by atoms with van der Waals surface area (Å²) in [7, 11) is 1.93. The molecule has 102 valence electrons. The van der Waals surface area contributed by atoms with Crippen molar-refractivity contribution in [2.24, 2.45) is 5.41 Å². The molecule has 0 aliphatic carbocycles. The minimum Gasteiger partial charge on any atom is -0.394 e. The van der Waals surface area contributed by atoms with E-state index in [9.17, 15) is 5.11 Å². The number of hydrogen-bond donors (Lipinski definition) is 2. The van der Waals surface area contributed by atoms with Crippen molar-refractivity contribution >= 4 is 0 Å². The largest absolute Gasteiger partial charge is 0.394 e. The van der Waals surface area contributed by atoms with E-state index in [2.05, 4.69) is 31.0 Å². The number of nitrogens with zero attached hydrogens (tertiary/aromatic N) is 1. The van der Waals surface area contributed by atoms with Crippen molar-refractivity contribution in [2.45, 2.75) is 52.0 Å². The van der Waals surface area contributed by atoms with Crippen molar-refractivity contribution < 1.29 is 5.11 Å². The van der Waals surface area contributed by atoms with Crippen LogP contribution in [0.5, 0.6) is 0 Å². The summed E-state index contributed by atoms with van der Waals surface area (Å²) in [6, 6.07) is 0. The molecule has 3 heteroatoms. The average Bonchev–Trinajstić information content (AvgIpc) is 2.38. The molecular formula is C14H30N2O. The van der Waals surface area contributed by atoms with Gasteiger partial charge < -0.3 is 15.3 Å². The van der Waals surface area contributed by atoms with Crippen LogP contribution in [-0.2, 0) is 0 Å². The maximum atomic E-state index is 9.35. The Morgan fingerprint density at radius 1 is 1.35 bits per heavy atom. The van der Waals surface area contributed by atoms with Crippen LogP contribution in [0, 0.1) is 5.41 Å². The Labute approximate surface area is 107 Å². The average molecular weight is 242 g/mol. The molecule has 0 aromatic rings. The summed E-state index contributed by atoms with van der Waals surface area (Å²) in [6.07, 6.45) is 4.95. The second-order valence-corrected chi connectivity index (χ2v) is 6.22. The van der Waals surface area contributed by atoms with Crippen molar-refractivity contribution in [1.29, 1.82) is 0 Å². The second-order valence-electron chi connectivity index (χ2n) is 6.22. The summed E-state index contributed by atoms with van der Waals surface area (Å²) in [6.45, 7) is 10.6. The predicted octanol–water partition coefficient (Wildman–Crippen LogP) is 1.86. The third kappa shape index (κ3) is 4.23. The van der Waals surface area contributed by atoms with E-state index in [-0.39, 0.29) is 12.1 Å². The minimum atomic E-state index is -0.120. The van der Waals surface area contributed by atoms with Crippen LogP contribution in [0.4, 0.5) is 0 Å². The first-order chi connectivity index (χ1) is 7.97. The van der Waals surface area contributed by atoms with Crippen molar-refractivity contribution in [3.05, 3.63) is 0 Å². The third-order valence-electron chi connectivity index (χ3n) is 4.85. The van der Waals surface area contributed by atoms with Crippen LogP contribution in [0.1, 0.15) is 46.5 Å². The first kappa shape index (κ1) is 14.9. The van der Waals surface area contributed by atoms with Gasteiger partial charge >= 0.3 is 0 Å². The van der Waals surface area contributed by atoms with Crippen LogP contribution in [0.25, 0.3) is 0 Å². The monoisotopic (exact) mass is 242 g/mol. The minimum absolute atomic E-state index is 0.120. The highest BCUT2D eigenvalue weighted by atomic mass is 16.3. The van der Waals surface area contributed by atoms with Gasteiger partial charge in [0, 0.05) is 5.54 Å². The van der Waals surface area contributed by atoms with Gasteiger partial charge in [-0.2, -0.15) is 0 Å². The zero-order valence-electron chi connectivity index (χ0n) is 12.1. The Hall–Kier alpha value is -0.120. The second kappa shape index (κ2) is 6.17. The van der Waals surface area contributed by atoms with Crippen LogP contribution >= 0.6 is 0 Å². The smallest absolute Gasteiger partial charge is 0.0610 e. The molecule has 0 spiro atoms. The number of likely N-dealkylation sites (tertiary alicyclic amines) is 1. The highest BCUT2D eigenvalue weighted by molar-refractivity contribution is 4.85. The van der Waals surface area contributed by atoms with Gasteiger partial charge in [-0.15, -0.1) is 0 Å². The highest BCUT2D eigenvalue weighted by Gasteiger charge is 2.29. The summed E-state index contributed by atoms with van der Waals surface area (Å²) < 4.78 is 0. The van der Waals surface area contributed by atoms with Gasteiger partial charge in [0.05, 0.1) is 6.61 Å². The topological polar surface area (TPSA) is 35.5 Å². The van der Waals surface area contributed by atoms with E-state index in [4.69, 9.17) is 0 Å². The molecule has 1 atom stereocenters. The number of aliphatic hydroxyl groups excluding tert-OH is 1. The molecule has 17 heavy (non-hydrogen) atoms. The zero-order valence-corrected chi connectivity index (χ0v) is 12.1. The van der Waals surface area contributed by atoms with Gasteiger partial charge in [0.2, 0.25) is 0 Å². The summed E-state index contributed by atoms with van der Waals surface area (Å²) >= 11 is 0. The van der Waals surface area contributed by atoms with Crippen LogP contribution in [-0.4, -0.2) is 48.8 Å². The molecule has 0 bridgehead atoms. The summed E-state index contributed by atoms with van der Waals surface area (Å²) in [5, 5.41) is 12.6. The van der Waals surface area contributed by atoms with E-state index < -0.39 is 0 Å². The van der Waals surface area contributed by atoms with E-state index in [1.807, 2.05) is 7.05 Å². The molecule has 3 nitrogen and oxygen atoms in total.